The van der Waals surface area contributed by atoms with E-state index < -0.39 is 9.05 Å². The van der Waals surface area contributed by atoms with E-state index in [9.17, 15) is 8.42 Å². The predicted molar refractivity (Wildman–Crippen MR) is 64.3 cm³/mol. The Hall–Kier alpha value is -0.710. The van der Waals surface area contributed by atoms with E-state index in [-0.39, 0.29) is 17.9 Å². The molecule has 0 amide bonds. The maximum absolute atomic E-state index is 11.2. The van der Waals surface area contributed by atoms with E-state index in [0.29, 0.717) is 16.3 Å². The normalized spacial score (nSPS) is 15.8. The van der Waals surface area contributed by atoms with Crippen LogP contribution < -0.4 is 4.74 Å². The first kappa shape index (κ1) is 11.8. The van der Waals surface area contributed by atoms with Gasteiger partial charge >= 0.3 is 0 Å². The topological polar surface area (TPSA) is 43.4 Å². The Balaban J connectivity index is 2.53. The van der Waals surface area contributed by atoms with Crippen molar-refractivity contribution in [2.24, 2.45) is 0 Å². The van der Waals surface area contributed by atoms with Crippen LogP contribution in [0.4, 0.5) is 0 Å². The molecule has 0 fully saturated rings. The maximum atomic E-state index is 11.2. The molecule has 0 spiro atoms. The van der Waals surface area contributed by atoms with Crippen molar-refractivity contribution in [1.82, 2.24) is 0 Å². The molecule has 1 aromatic rings. The number of hydrogen-bond donors (Lipinski definition) is 0. The average Bonchev–Trinajstić information content (AvgIpc) is 2.38. The van der Waals surface area contributed by atoms with Crippen molar-refractivity contribution in [3.8, 4) is 5.75 Å². The van der Waals surface area contributed by atoms with Gasteiger partial charge in [-0.3, -0.25) is 0 Å². The molecule has 0 aliphatic carbocycles. The SMILES string of the molecule is O=S(=O)(Cl)C1=Cc2ccc(Cl)cc2OCC1. The van der Waals surface area contributed by atoms with Crippen LogP contribution in [0.5, 0.6) is 5.75 Å². The predicted octanol–water partition coefficient (Wildman–Crippen LogP) is 3.03. The first-order valence-corrected chi connectivity index (χ1v) is 7.23. The summed E-state index contributed by atoms with van der Waals surface area (Å²) in [7, 11) is 1.62. The van der Waals surface area contributed by atoms with Gasteiger partial charge in [0.2, 0.25) is 0 Å². The molecule has 0 unspecified atom stereocenters. The van der Waals surface area contributed by atoms with Gasteiger partial charge in [-0.05, 0) is 24.3 Å². The van der Waals surface area contributed by atoms with Crippen LogP contribution in [0.25, 0.3) is 6.08 Å². The van der Waals surface area contributed by atoms with Gasteiger partial charge in [-0.2, -0.15) is 0 Å². The van der Waals surface area contributed by atoms with Gasteiger partial charge in [-0.15, -0.1) is 0 Å². The summed E-state index contributed by atoms with van der Waals surface area (Å²) in [6, 6.07) is 5.02. The van der Waals surface area contributed by atoms with Crippen molar-refractivity contribution in [2.75, 3.05) is 6.61 Å². The van der Waals surface area contributed by atoms with Crippen LogP contribution in [-0.2, 0) is 9.05 Å². The van der Waals surface area contributed by atoms with E-state index in [1.807, 2.05) is 0 Å². The zero-order valence-corrected chi connectivity index (χ0v) is 10.4. The molecule has 0 atom stereocenters. The lowest BCUT2D eigenvalue weighted by atomic mass is 10.2. The monoisotopic (exact) mass is 278 g/mol. The number of halogens is 2. The van der Waals surface area contributed by atoms with Gasteiger partial charge in [0.15, 0.2) is 0 Å². The first-order chi connectivity index (χ1) is 7.47. The fourth-order valence-electron chi connectivity index (χ4n) is 1.45. The molecular formula is C10H8Cl2O3S. The quantitative estimate of drug-likeness (QED) is 0.742. The molecule has 0 bridgehead atoms. The molecule has 0 saturated carbocycles. The molecule has 2 rings (SSSR count). The van der Waals surface area contributed by atoms with Gasteiger partial charge < -0.3 is 4.74 Å². The number of benzene rings is 1. The first-order valence-electron chi connectivity index (χ1n) is 4.54. The summed E-state index contributed by atoms with van der Waals surface area (Å²) in [5.41, 5.74) is 0.668. The van der Waals surface area contributed by atoms with Crippen molar-refractivity contribution < 1.29 is 13.2 Å². The molecule has 86 valence electrons. The highest BCUT2D eigenvalue weighted by molar-refractivity contribution is 8.16. The average molecular weight is 279 g/mol. The van der Waals surface area contributed by atoms with E-state index in [2.05, 4.69) is 0 Å². The molecular weight excluding hydrogens is 271 g/mol. The van der Waals surface area contributed by atoms with Crippen LogP contribution in [0.3, 0.4) is 0 Å². The molecule has 0 radical (unpaired) electrons. The van der Waals surface area contributed by atoms with E-state index in [4.69, 9.17) is 27.0 Å². The van der Waals surface area contributed by atoms with Crippen molar-refractivity contribution in [3.05, 3.63) is 33.7 Å². The van der Waals surface area contributed by atoms with E-state index in [0.717, 1.165) is 0 Å². The Kier molecular flexibility index (Phi) is 3.15. The van der Waals surface area contributed by atoms with Crippen LogP contribution in [0.2, 0.25) is 5.02 Å². The minimum Gasteiger partial charge on any atom is -0.493 e. The number of hydrogen-bond acceptors (Lipinski definition) is 3. The van der Waals surface area contributed by atoms with Crippen LogP contribution in [0.15, 0.2) is 23.1 Å². The van der Waals surface area contributed by atoms with E-state index in [1.54, 1.807) is 18.2 Å². The molecule has 0 aromatic heterocycles. The van der Waals surface area contributed by atoms with E-state index in [1.165, 1.54) is 6.08 Å². The Labute approximate surface area is 103 Å². The van der Waals surface area contributed by atoms with Gasteiger partial charge in [-0.25, -0.2) is 8.42 Å². The summed E-state index contributed by atoms with van der Waals surface area (Å²) in [6.45, 7) is 0.269. The second kappa shape index (κ2) is 4.28. The summed E-state index contributed by atoms with van der Waals surface area (Å²) in [5.74, 6) is 0.572. The van der Waals surface area contributed by atoms with Gasteiger partial charge in [0.05, 0.1) is 11.5 Å². The van der Waals surface area contributed by atoms with Crippen molar-refractivity contribution >= 4 is 37.4 Å². The molecule has 3 nitrogen and oxygen atoms in total. The van der Waals surface area contributed by atoms with Gasteiger partial charge in [0.25, 0.3) is 9.05 Å². The lowest BCUT2D eigenvalue weighted by Crippen LogP contribution is -2.00. The summed E-state index contributed by atoms with van der Waals surface area (Å²) < 4.78 is 27.9. The molecule has 0 saturated heterocycles. The minimum absolute atomic E-state index is 0.162. The zero-order chi connectivity index (χ0) is 11.8. The third-order valence-electron chi connectivity index (χ3n) is 2.21. The summed E-state index contributed by atoms with van der Waals surface area (Å²) in [6.07, 6.45) is 1.78. The Morgan fingerprint density at radius 2 is 2.06 bits per heavy atom. The standard InChI is InChI=1S/C10H8Cl2O3S/c11-8-2-1-7-5-9(16(12,13)14)3-4-15-10(7)6-8/h1-2,5-6H,3-4H2. The zero-order valence-electron chi connectivity index (χ0n) is 8.11. The van der Waals surface area contributed by atoms with Crippen molar-refractivity contribution in [3.63, 3.8) is 0 Å². The Bertz CT molecular complexity index is 549. The molecule has 16 heavy (non-hydrogen) atoms. The smallest absolute Gasteiger partial charge is 0.257 e. The highest BCUT2D eigenvalue weighted by Crippen LogP contribution is 2.31. The molecule has 1 aliphatic rings. The van der Waals surface area contributed by atoms with Crippen molar-refractivity contribution in [2.45, 2.75) is 6.42 Å². The summed E-state index contributed by atoms with van der Waals surface area (Å²) >= 11 is 5.81. The van der Waals surface area contributed by atoms with Crippen LogP contribution in [-0.4, -0.2) is 15.0 Å². The van der Waals surface area contributed by atoms with Crippen molar-refractivity contribution in [1.29, 1.82) is 0 Å². The number of rotatable bonds is 1. The second-order valence-electron chi connectivity index (χ2n) is 3.33. The molecule has 1 aromatic carbocycles. The summed E-state index contributed by atoms with van der Waals surface area (Å²) in [5, 5.41) is 0.546. The fraction of sp³-hybridized carbons (Fsp3) is 0.200. The van der Waals surface area contributed by atoms with Crippen LogP contribution in [0.1, 0.15) is 12.0 Å². The maximum Gasteiger partial charge on any atom is 0.257 e. The van der Waals surface area contributed by atoms with Gasteiger partial charge in [0, 0.05) is 27.7 Å². The highest BCUT2D eigenvalue weighted by Gasteiger charge is 2.18. The van der Waals surface area contributed by atoms with Crippen LogP contribution in [0, 0.1) is 0 Å². The minimum atomic E-state index is -3.68. The lowest BCUT2D eigenvalue weighted by molar-refractivity contribution is 0.325. The molecule has 6 heteroatoms. The molecule has 0 N–H and O–H groups in total. The number of fused-ring (bicyclic) bond motifs is 1. The summed E-state index contributed by atoms with van der Waals surface area (Å²) in [4.78, 5) is 0.162. The Morgan fingerprint density at radius 3 is 2.75 bits per heavy atom. The van der Waals surface area contributed by atoms with Gasteiger partial charge in [-0.1, -0.05) is 11.6 Å². The third-order valence-corrected chi connectivity index (χ3v) is 3.99. The largest absolute Gasteiger partial charge is 0.493 e. The Morgan fingerprint density at radius 1 is 1.31 bits per heavy atom. The lowest BCUT2D eigenvalue weighted by Gasteiger charge is -2.05. The highest BCUT2D eigenvalue weighted by atomic mass is 35.7. The van der Waals surface area contributed by atoms with Crippen LogP contribution >= 0.6 is 22.3 Å². The second-order valence-corrected chi connectivity index (χ2v) is 6.38. The van der Waals surface area contributed by atoms with E-state index >= 15 is 0 Å². The van der Waals surface area contributed by atoms with Gasteiger partial charge in [0.1, 0.15) is 5.75 Å². The number of ether oxygens (including phenoxy) is 1. The third kappa shape index (κ3) is 2.51. The molecule has 1 heterocycles. The fourth-order valence-corrected chi connectivity index (χ4v) is 2.57. The molecule has 1 aliphatic heterocycles.